The number of halogens is 1. The van der Waals surface area contributed by atoms with Gasteiger partial charge < -0.3 is 10.1 Å². The quantitative estimate of drug-likeness (QED) is 0.348. The first-order valence-electron chi connectivity index (χ1n) is 12.7. The van der Waals surface area contributed by atoms with Gasteiger partial charge in [0, 0.05) is 30.1 Å². The third-order valence-corrected chi connectivity index (χ3v) is 7.87. The minimum atomic E-state index is -0.849. The Kier molecular flexibility index (Phi) is 7.29. The zero-order valence-electron chi connectivity index (χ0n) is 21.8. The van der Waals surface area contributed by atoms with Gasteiger partial charge in [0.2, 0.25) is 5.91 Å². The number of fused-ring (bicyclic) bond motifs is 4. The van der Waals surface area contributed by atoms with E-state index in [-0.39, 0.29) is 17.9 Å². The van der Waals surface area contributed by atoms with E-state index >= 15 is 0 Å². The van der Waals surface area contributed by atoms with Gasteiger partial charge in [0.25, 0.3) is 11.5 Å². The van der Waals surface area contributed by atoms with Crippen LogP contribution >= 0.6 is 23.4 Å². The topological polar surface area (TPSA) is 118 Å². The number of carbonyl (C=O) groups is 2. The molecule has 1 unspecified atom stereocenters. The van der Waals surface area contributed by atoms with Gasteiger partial charge in [-0.15, -0.1) is 0 Å². The highest BCUT2D eigenvalue weighted by molar-refractivity contribution is 8.13. The number of thioether (sulfide) groups is 1. The van der Waals surface area contributed by atoms with E-state index in [4.69, 9.17) is 21.3 Å². The first-order valence-corrected chi connectivity index (χ1v) is 14.1. The molecule has 1 N–H and O–H groups in total. The average molecular weight is 587 g/mol. The van der Waals surface area contributed by atoms with Crippen LogP contribution in [0.25, 0.3) is 5.65 Å². The van der Waals surface area contributed by atoms with Crippen LogP contribution in [0, 0.1) is 0 Å². The number of hydrogen-bond acceptors (Lipinski definition) is 8. The molecule has 2 aromatic carbocycles. The largest absolute Gasteiger partial charge is 0.497 e. The maximum Gasteiger partial charge on any atom is 0.271 e. The minimum absolute atomic E-state index is 0.0972. The lowest BCUT2D eigenvalue weighted by atomic mass is 10.1. The zero-order chi connectivity index (χ0) is 28.5. The number of methoxy groups -OCH3 is 1. The molecule has 0 aliphatic carbocycles. The Hall–Kier alpha value is -4.48. The van der Waals surface area contributed by atoms with Crippen molar-refractivity contribution in [2.75, 3.05) is 7.11 Å². The molecule has 4 heterocycles. The highest BCUT2D eigenvalue weighted by Crippen LogP contribution is 2.35. The summed E-state index contributed by atoms with van der Waals surface area (Å²) in [6, 6.07) is 18.7. The molecule has 12 heteroatoms. The van der Waals surface area contributed by atoms with Crippen LogP contribution < -0.4 is 15.6 Å². The third-order valence-electron chi connectivity index (χ3n) is 6.66. The fourth-order valence-corrected chi connectivity index (χ4v) is 5.73. The van der Waals surface area contributed by atoms with Gasteiger partial charge in [-0.2, -0.15) is 4.99 Å². The molecule has 2 aliphatic heterocycles. The number of aliphatic imine (C=N–C) groups is 2. The number of pyridine rings is 1. The van der Waals surface area contributed by atoms with Crippen LogP contribution in [-0.4, -0.2) is 50.3 Å². The molecule has 10 nitrogen and oxygen atoms in total. The number of carbonyl (C=O) groups excluding carboxylic acids is 2. The number of ether oxygens (including phenoxy) is 1. The number of nitrogens with zero attached hydrogens (tertiary/aromatic N) is 5. The third kappa shape index (κ3) is 5.46. The second-order valence-electron chi connectivity index (χ2n) is 9.35. The molecule has 41 heavy (non-hydrogen) atoms. The Bertz CT molecular complexity index is 1800. The highest BCUT2D eigenvalue weighted by atomic mass is 35.5. The molecule has 0 saturated carbocycles. The van der Waals surface area contributed by atoms with Crippen LogP contribution in [0.2, 0.25) is 5.02 Å². The molecule has 0 fully saturated rings. The molecule has 4 aromatic rings. The number of aromatic nitrogens is 2. The van der Waals surface area contributed by atoms with Crippen molar-refractivity contribution in [3.8, 4) is 5.75 Å². The van der Waals surface area contributed by atoms with E-state index in [0.29, 0.717) is 50.9 Å². The fourth-order valence-electron chi connectivity index (χ4n) is 4.63. The van der Waals surface area contributed by atoms with Gasteiger partial charge in [0.15, 0.2) is 5.17 Å². The van der Waals surface area contributed by atoms with Crippen molar-refractivity contribution < 1.29 is 14.3 Å². The highest BCUT2D eigenvalue weighted by Gasteiger charge is 2.42. The molecule has 2 aromatic heterocycles. The lowest BCUT2D eigenvalue weighted by molar-refractivity contribution is -0.126. The van der Waals surface area contributed by atoms with Gasteiger partial charge in [-0.05, 0) is 42.0 Å². The lowest BCUT2D eigenvalue weighted by Crippen LogP contribution is -2.45. The van der Waals surface area contributed by atoms with Crippen LogP contribution in [-0.2, 0) is 21.9 Å². The summed E-state index contributed by atoms with van der Waals surface area (Å²) >= 11 is 7.34. The summed E-state index contributed by atoms with van der Waals surface area (Å²) < 4.78 is 6.56. The predicted octanol–water partition coefficient (Wildman–Crippen LogP) is 3.95. The minimum Gasteiger partial charge on any atom is -0.497 e. The van der Waals surface area contributed by atoms with Crippen molar-refractivity contribution in [2.24, 2.45) is 9.98 Å². The van der Waals surface area contributed by atoms with Crippen molar-refractivity contribution in [2.45, 2.75) is 24.8 Å². The molecular weight excluding hydrogens is 564 g/mol. The molecule has 2 amide bonds. The summed E-state index contributed by atoms with van der Waals surface area (Å²) in [5.74, 6) is 0.788. The Morgan fingerprint density at radius 1 is 1.07 bits per heavy atom. The smallest absolute Gasteiger partial charge is 0.271 e. The zero-order valence-corrected chi connectivity index (χ0v) is 23.4. The van der Waals surface area contributed by atoms with E-state index in [2.05, 4.69) is 15.3 Å². The Morgan fingerprint density at radius 2 is 1.88 bits per heavy atom. The maximum atomic E-state index is 13.1. The van der Waals surface area contributed by atoms with Crippen LogP contribution in [0.3, 0.4) is 0 Å². The van der Waals surface area contributed by atoms with Gasteiger partial charge in [-0.25, -0.2) is 9.98 Å². The summed E-state index contributed by atoms with van der Waals surface area (Å²) in [7, 11) is 1.59. The van der Waals surface area contributed by atoms with Crippen molar-refractivity contribution in [1.82, 2.24) is 19.6 Å². The van der Waals surface area contributed by atoms with Gasteiger partial charge >= 0.3 is 0 Å². The fraction of sp³-hybridized carbons (Fsp3) is 0.172. The lowest BCUT2D eigenvalue weighted by Gasteiger charge is -2.30. The maximum absolute atomic E-state index is 13.1. The van der Waals surface area contributed by atoms with Crippen molar-refractivity contribution in [1.29, 1.82) is 0 Å². The van der Waals surface area contributed by atoms with Crippen LogP contribution in [0.15, 0.2) is 87.7 Å². The number of nitrogens with one attached hydrogen (secondary N) is 1. The molecule has 0 radical (unpaired) electrons. The van der Waals surface area contributed by atoms with Gasteiger partial charge in [0.05, 0.1) is 29.9 Å². The number of benzene rings is 2. The standard InChI is InChI=1S/C29H23ClN6O4S/c1-40-20-9-6-17(7-10-20)14-31-25(37)13-23-28(39)34-27-21-4-2-3-5-22(21)33-29(36(23)27)41-16-19-12-26(38)35-15-18(30)8-11-24(35)32-19/h2-12,15,23H,13-14,16H2,1H3,(H,31,37). The second-order valence-corrected chi connectivity index (χ2v) is 10.7. The van der Waals surface area contributed by atoms with Gasteiger partial charge in [0.1, 0.15) is 23.3 Å². The molecule has 0 spiro atoms. The number of amides is 2. The van der Waals surface area contributed by atoms with E-state index in [1.54, 1.807) is 24.1 Å². The van der Waals surface area contributed by atoms with Crippen LogP contribution in [0.1, 0.15) is 23.2 Å². The number of rotatable bonds is 7. The monoisotopic (exact) mass is 586 g/mol. The molecule has 6 rings (SSSR count). The van der Waals surface area contributed by atoms with Crippen molar-refractivity contribution >= 4 is 57.5 Å². The Balaban J connectivity index is 1.22. The molecule has 0 bridgehead atoms. The summed E-state index contributed by atoms with van der Waals surface area (Å²) in [5, 5.41) is 3.82. The van der Waals surface area contributed by atoms with E-state index in [1.807, 2.05) is 48.5 Å². The molecule has 2 aliphatic rings. The number of para-hydroxylation sites is 1. The van der Waals surface area contributed by atoms with E-state index in [1.165, 1.54) is 28.4 Å². The molecule has 1 atom stereocenters. The van der Waals surface area contributed by atoms with Gasteiger partial charge in [-0.1, -0.05) is 47.6 Å². The first-order chi connectivity index (χ1) is 19.9. The normalized spacial score (nSPS) is 15.7. The predicted molar refractivity (Wildman–Crippen MR) is 158 cm³/mol. The Morgan fingerprint density at radius 3 is 2.68 bits per heavy atom. The van der Waals surface area contributed by atoms with E-state index in [0.717, 1.165) is 11.3 Å². The summed E-state index contributed by atoms with van der Waals surface area (Å²) in [4.78, 5) is 54.2. The van der Waals surface area contributed by atoms with Crippen molar-refractivity contribution in [3.63, 3.8) is 0 Å². The average Bonchev–Trinajstić information content (AvgIpc) is 3.31. The summed E-state index contributed by atoms with van der Waals surface area (Å²) in [6.45, 7) is 0.310. The van der Waals surface area contributed by atoms with E-state index in [9.17, 15) is 14.4 Å². The van der Waals surface area contributed by atoms with Gasteiger partial charge in [-0.3, -0.25) is 23.7 Å². The number of amidine groups is 2. The van der Waals surface area contributed by atoms with E-state index < -0.39 is 11.9 Å². The first kappa shape index (κ1) is 26.7. The SMILES string of the molecule is COc1ccc(CNC(=O)CC2C(=O)N=C3c4ccccc4N=C(SCc4cc(=O)n5cc(Cl)ccc5n4)N32)cc1. The van der Waals surface area contributed by atoms with Crippen LogP contribution in [0.4, 0.5) is 5.69 Å². The summed E-state index contributed by atoms with van der Waals surface area (Å²) in [6.07, 6.45) is 1.42. The van der Waals surface area contributed by atoms with Crippen LogP contribution in [0.5, 0.6) is 5.75 Å². The molecular formula is C29H23ClN6O4S. The second kappa shape index (κ2) is 11.2. The van der Waals surface area contributed by atoms with Crippen molar-refractivity contribution in [3.05, 3.63) is 105 Å². The molecule has 0 saturated heterocycles. The Labute approximate surface area is 243 Å². The summed E-state index contributed by atoms with van der Waals surface area (Å²) in [5.41, 5.74) is 3.04. The number of hydrogen-bond donors (Lipinski definition) is 1. The molecule has 206 valence electrons.